The molecule has 2 aromatic rings. The molecule has 1 amide bonds. The standard InChI is InChI=1S/C15H19N3OS/c1-10(7-16)8-17-14(19)13-9-20-15(18-13)12-6-4-3-5-11(12)2/h3-6,9-10H,7-8,16H2,1-2H3,(H,17,19). The molecule has 0 saturated heterocycles. The summed E-state index contributed by atoms with van der Waals surface area (Å²) in [4.78, 5) is 16.4. The van der Waals surface area contributed by atoms with E-state index in [1.165, 1.54) is 11.3 Å². The lowest BCUT2D eigenvalue weighted by molar-refractivity contribution is 0.0944. The molecule has 0 aliphatic carbocycles. The second-order valence-electron chi connectivity index (χ2n) is 4.90. The van der Waals surface area contributed by atoms with E-state index in [0.717, 1.165) is 16.1 Å². The number of hydrogen-bond acceptors (Lipinski definition) is 4. The number of aryl methyl sites for hydroxylation is 1. The zero-order valence-corrected chi connectivity index (χ0v) is 12.5. The molecule has 0 aliphatic rings. The summed E-state index contributed by atoms with van der Waals surface area (Å²) < 4.78 is 0. The number of carbonyl (C=O) groups excluding carboxylic acids is 1. The van der Waals surface area contributed by atoms with Gasteiger partial charge in [-0.1, -0.05) is 31.2 Å². The number of aromatic nitrogens is 1. The average Bonchev–Trinajstić information content (AvgIpc) is 2.94. The Labute approximate surface area is 123 Å². The van der Waals surface area contributed by atoms with Gasteiger partial charge in [0.15, 0.2) is 0 Å². The van der Waals surface area contributed by atoms with Crippen LogP contribution in [-0.2, 0) is 0 Å². The summed E-state index contributed by atoms with van der Waals surface area (Å²) in [6.07, 6.45) is 0. The number of nitrogens with two attached hydrogens (primary N) is 1. The van der Waals surface area contributed by atoms with Gasteiger partial charge in [-0.15, -0.1) is 11.3 Å². The van der Waals surface area contributed by atoms with Crippen LogP contribution in [0.15, 0.2) is 29.6 Å². The van der Waals surface area contributed by atoms with E-state index in [9.17, 15) is 4.79 Å². The number of carbonyl (C=O) groups is 1. The Morgan fingerprint density at radius 2 is 2.20 bits per heavy atom. The Hall–Kier alpha value is -1.72. The van der Waals surface area contributed by atoms with Crippen LogP contribution in [-0.4, -0.2) is 24.0 Å². The third-order valence-corrected chi connectivity index (χ3v) is 4.00. The van der Waals surface area contributed by atoms with Crippen molar-refractivity contribution in [2.45, 2.75) is 13.8 Å². The van der Waals surface area contributed by atoms with Crippen LogP contribution < -0.4 is 11.1 Å². The van der Waals surface area contributed by atoms with Gasteiger partial charge in [0, 0.05) is 17.5 Å². The molecular formula is C15H19N3OS. The third-order valence-electron chi connectivity index (χ3n) is 3.13. The first-order valence-electron chi connectivity index (χ1n) is 6.61. The molecule has 0 aliphatic heterocycles. The second-order valence-corrected chi connectivity index (χ2v) is 5.76. The van der Waals surface area contributed by atoms with Gasteiger partial charge >= 0.3 is 0 Å². The molecule has 1 aromatic carbocycles. The molecule has 1 unspecified atom stereocenters. The van der Waals surface area contributed by atoms with Crippen molar-refractivity contribution in [1.82, 2.24) is 10.3 Å². The summed E-state index contributed by atoms with van der Waals surface area (Å²) in [6.45, 7) is 5.18. The summed E-state index contributed by atoms with van der Waals surface area (Å²) in [6, 6.07) is 8.03. The fourth-order valence-corrected chi connectivity index (χ4v) is 2.65. The fourth-order valence-electron chi connectivity index (χ4n) is 1.76. The van der Waals surface area contributed by atoms with E-state index in [4.69, 9.17) is 5.73 Å². The first kappa shape index (κ1) is 14.7. The molecule has 1 atom stereocenters. The second kappa shape index (κ2) is 6.63. The van der Waals surface area contributed by atoms with Crippen molar-refractivity contribution in [2.24, 2.45) is 11.7 Å². The van der Waals surface area contributed by atoms with E-state index in [-0.39, 0.29) is 11.8 Å². The highest BCUT2D eigenvalue weighted by atomic mass is 32.1. The topological polar surface area (TPSA) is 68.0 Å². The molecule has 106 valence electrons. The monoisotopic (exact) mass is 289 g/mol. The van der Waals surface area contributed by atoms with E-state index >= 15 is 0 Å². The number of amides is 1. The fraction of sp³-hybridized carbons (Fsp3) is 0.333. The normalized spacial score (nSPS) is 12.2. The summed E-state index contributed by atoms with van der Waals surface area (Å²) >= 11 is 1.49. The zero-order chi connectivity index (χ0) is 14.5. The predicted octanol–water partition coefficient (Wildman–Crippen LogP) is 2.44. The lowest BCUT2D eigenvalue weighted by Gasteiger charge is -2.08. The molecule has 0 spiro atoms. The lowest BCUT2D eigenvalue weighted by atomic mass is 10.1. The molecule has 2 rings (SSSR count). The van der Waals surface area contributed by atoms with Crippen molar-refractivity contribution in [3.05, 3.63) is 40.9 Å². The molecule has 0 radical (unpaired) electrons. The minimum atomic E-state index is -0.138. The average molecular weight is 289 g/mol. The van der Waals surface area contributed by atoms with E-state index in [1.54, 1.807) is 5.38 Å². The molecular weight excluding hydrogens is 270 g/mol. The van der Waals surface area contributed by atoms with Gasteiger partial charge in [-0.2, -0.15) is 0 Å². The highest BCUT2D eigenvalue weighted by Crippen LogP contribution is 2.26. The first-order chi connectivity index (χ1) is 9.61. The Bertz CT molecular complexity index is 594. The van der Waals surface area contributed by atoms with Gasteiger partial charge in [0.25, 0.3) is 5.91 Å². The first-order valence-corrected chi connectivity index (χ1v) is 7.49. The molecule has 0 fully saturated rings. The summed E-state index contributed by atoms with van der Waals surface area (Å²) in [5, 5.41) is 5.53. The largest absolute Gasteiger partial charge is 0.350 e. The molecule has 4 nitrogen and oxygen atoms in total. The Morgan fingerprint density at radius 3 is 2.90 bits per heavy atom. The number of rotatable bonds is 5. The van der Waals surface area contributed by atoms with Crippen LogP contribution >= 0.6 is 11.3 Å². The molecule has 3 N–H and O–H groups in total. The number of nitrogens with one attached hydrogen (secondary N) is 1. The molecule has 0 bridgehead atoms. The van der Waals surface area contributed by atoms with Gasteiger partial charge in [0.1, 0.15) is 10.7 Å². The molecule has 20 heavy (non-hydrogen) atoms. The Morgan fingerprint density at radius 1 is 1.45 bits per heavy atom. The van der Waals surface area contributed by atoms with Crippen molar-refractivity contribution in [2.75, 3.05) is 13.1 Å². The van der Waals surface area contributed by atoms with Gasteiger partial charge in [-0.05, 0) is 24.9 Å². The quantitative estimate of drug-likeness (QED) is 0.888. The highest BCUT2D eigenvalue weighted by molar-refractivity contribution is 7.13. The summed E-state index contributed by atoms with van der Waals surface area (Å²) in [7, 11) is 0. The third kappa shape index (κ3) is 3.43. The maximum atomic E-state index is 12.0. The van der Waals surface area contributed by atoms with Crippen molar-refractivity contribution in [3.8, 4) is 10.6 Å². The number of hydrogen-bond donors (Lipinski definition) is 2. The van der Waals surface area contributed by atoms with Crippen LogP contribution in [0.4, 0.5) is 0 Å². The SMILES string of the molecule is Cc1ccccc1-c1nc(C(=O)NCC(C)CN)cs1. The Kier molecular flexibility index (Phi) is 4.87. The number of nitrogens with zero attached hydrogens (tertiary/aromatic N) is 1. The molecule has 1 aromatic heterocycles. The van der Waals surface area contributed by atoms with Crippen LogP contribution in [0.3, 0.4) is 0 Å². The van der Waals surface area contributed by atoms with Gasteiger partial charge in [0.05, 0.1) is 0 Å². The summed E-state index contributed by atoms with van der Waals surface area (Å²) in [5.74, 6) is 0.134. The van der Waals surface area contributed by atoms with Gasteiger partial charge in [-0.25, -0.2) is 4.98 Å². The van der Waals surface area contributed by atoms with E-state index in [1.807, 2.05) is 38.1 Å². The van der Waals surface area contributed by atoms with Crippen LogP contribution in [0.1, 0.15) is 23.0 Å². The van der Waals surface area contributed by atoms with E-state index in [2.05, 4.69) is 10.3 Å². The van der Waals surface area contributed by atoms with Crippen LogP contribution in [0.25, 0.3) is 10.6 Å². The van der Waals surface area contributed by atoms with Crippen LogP contribution in [0.2, 0.25) is 0 Å². The van der Waals surface area contributed by atoms with E-state index in [0.29, 0.717) is 18.8 Å². The van der Waals surface area contributed by atoms with Crippen molar-refractivity contribution >= 4 is 17.2 Å². The van der Waals surface area contributed by atoms with Gasteiger partial charge in [-0.3, -0.25) is 4.79 Å². The van der Waals surface area contributed by atoms with Gasteiger partial charge < -0.3 is 11.1 Å². The number of benzene rings is 1. The summed E-state index contributed by atoms with van der Waals surface area (Å²) in [5.41, 5.74) is 8.23. The van der Waals surface area contributed by atoms with Crippen molar-refractivity contribution < 1.29 is 4.79 Å². The van der Waals surface area contributed by atoms with Crippen molar-refractivity contribution in [1.29, 1.82) is 0 Å². The Balaban J connectivity index is 2.09. The molecule has 0 saturated carbocycles. The van der Waals surface area contributed by atoms with Gasteiger partial charge in [0.2, 0.25) is 0 Å². The maximum Gasteiger partial charge on any atom is 0.270 e. The van der Waals surface area contributed by atoms with Crippen LogP contribution in [0.5, 0.6) is 0 Å². The highest BCUT2D eigenvalue weighted by Gasteiger charge is 2.13. The minimum absolute atomic E-state index is 0.138. The zero-order valence-electron chi connectivity index (χ0n) is 11.7. The van der Waals surface area contributed by atoms with Crippen LogP contribution in [0, 0.1) is 12.8 Å². The maximum absolute atomic E-state index is 12.0. The smallest absolute Gasteiger partial charge is 0.270 e. The van der Waals surface area contributed by atoms with E-state index < -0.39 is 0 Å². The molecule has 1 heterocycles. The van der Waals surface area contributed by atoms with Crippen molar-refractivity contribution in [3.63, 3.8) is 0 Å². The number of thiazole rings is 1. The predicted molar refractivity (Wildman–Crippen MR) is 82.8 cm³/mol. The minimum Gasteiger partial charge on any atom is -0.350 e. The lowest BCUT2D eigenvalue weighted by Crippen LogP contribution is -2.31. The molecule has 5 heteroatoms.